The molecular formula is C24H23N5O2. The average molecular weight is 413 g/mol. The predicted octanol–water partition coefficient (Wildman–Crippen LogP) is 3.12. The number of piperidine rings is 1. The van der Waals surface area contributed by atoms with Gasteiger partial charge in [-0.25, -0.2) is 9.78 Å². The molecule has 5 rings (SSSR count). The molecule has 3 aromatic heterocycles. The number of hydrogen-bond donors (Lipinski definition) is 0. The Hall–Kier alpha value is -3.74. The topological polar surface area (TPSA) is 73.0 Å². The van der Waals surface area contributed by atoms with Gasteiger partial charge in [0.15, 0.2) is 5.65 Å². The van der Waals surface area contributed by atoms with E-state index in [-0.39, 0.29) is 17.6 Å². The molecule has 1 saturated heterocycles. The molecule has 1 atom stereocenters. The van der Waals surface area contributed by atoms with Crippen molar-refractivity contribution in [2.75, 3.05) is 13.1 Å². The van der Waals surface area contributed by atoms with Gasteiger partial charge in [0.05, 0.1) is 23.7 Å². The number of hydrogen-bond acceptors (Lipinski definition) is 4. The number of benzene rings is 1. The van der Waals surface area contributed by atoms with Crippen LogP contribution in [-0.4, -0.2) is 43.0 Å². The van der Waals surface area contributed by atoms with Crippen LogP contribution in [0.25, 0.3) is 11.2 Å². The third-order valence-corrected chi connectivity index (χ3v) is 5.86. The Labute approximate surface area is 179 Å². The van der Waals surface area contributed by atoms with Crippen molar-refractivity contribution in [3.05, 3.63) is 94.8 Å². The summed E-state index contributed by atoms with van der Waals surface area (Å²) in [5, 5.41) is 0. The molecule has 1 aliphatic rings. The minimum Gasteiger partial charge on any atom is -0.337 e. The van der Waals surface area contributed by atoms with Gasteiger partial charge in [-0.2, -0.15) is 0 Å². The van der Waals surface area contributed by atoms with Crippen LogP contribution in [0.4, 0.5) is 0 Å². The van der Waals surface area contributed by atoms with Crippen LogP contribution < -0.4 is 5.69 Å². The second-order valence-electron chi connectivity index (χ2n) is 7.86. The van der Waals surface area contributed by atoms with Crippen LogP contribution in [-0.2, 0) is 6.54 Å². The molecule has 7 heteroatoms. The summed E-state index contributed by atoms with van der Waals surface area (Å²) in [4.78, 5) is 36.9. The first-order valence-corrected chi connectivity index (χ1v) is 10.5. The van der Waals surface area contributed by atoms with Crippen molar-refractivity contribution in [1.29, 1.82) is 0 Å². The van der Waals surface area contributed by atoms with Crippen LogP contribution in [0.5, 0.6) is 0 Å². The molecule has 0 aliphatic carbocycles. The average Bonchev–Trinajstić information content (AvgIpc) is 3.11. The van der Waals surface area contributed by atoms with E-state index in [1.54, 1.807) is 39.9 Å². The smallest absolute Gasteiger partial charge is 0.330 e. The predicted molar refractivity (Wildman–Crippen MR) is 118 cm³/mol. The molecule has 0 bridgehead atoms. The highest BCUT2D eigenvalue weighted by Gasteiger charge is 2.29. The molecule has 4 aromatic rings. The molecular weight excluding hydrogens is 390 g/mol. The number of nitrogens with zero attached hydrogens (tertiary/aromatic N) is 5. The summed E-state index contributed by atoms with van der Waals surface area (Å²) in [6, 6.07) is 17.2. The van der Waals surface area contributed by atoms with Crippen molar-refractivity contribution >= 4 is 17.1 Å². The third kappa shape index (κ3) is 3.63. The Bertz CT molecular complexity index is 1260. The van der Waals surface area contributed by atoms with Crippen LogP contribution in [0.3, 0.4) is 0 Å². The Morgan fingerprint density at radius 2 is 1.87 bits per heavy atom. The maximum absolute atomic E-state index is 13.5. The fraction of sp³-hybridized carbons (Fsp3) is 0.250. The molecule has 0 spiro atoms. The Kier molecular flexibility index (Phi) is 5.08. The normalized spacial score (nSPS) is 16.5. The number of rotatable bonds is 4. The summed E-state index contributed by atoms with van der Waals surface area (Å²) < 4.78 is 3.56. The van der Waals surface area contributed by atoms with Crippen LogP contribution in [0.2, 0.25) is 0 Å². The van der Waals surface area contributed by atoms with Gasteiger partial charge in [0.25, 0.3) is 5.91 Å². The van der Waals surface area contributed by atoms with Crippen LogP contribution in [0.1, 0.15) is 34.8 Å². The van der Waals surface area contributed by atoms with Gasteiger partial charge in [-0.3, -0.25) is 18.9 Å². The molecule has 7 nitrogen and oxygen atoms in total. The monoisotopic (exact) mass is 413 g/mol. The second kappa shape index (κ2) is 8.18. The molecule has 31 heavy (non-hydrogen) atoms. The van der Waals surface area contributed by atoms with Crippen LogP contribution in [0.15, 0.2) is 78.0 Å². The van der Waals surface area contributed by atoms with Gasteiger partial charge in [-0.1, -0.05) is 30.3 Å². The standard InChI is InChI=1S/C24H23N5O2/c30-23(19-9-4-12-25-15-19)27-14-6-10-20(17-27)29-22-21(11-5-13-26-22)28(24(29)31)16-18-7-2-1-3-8-18/h1-5,7-9,11-13,15,20H,6,10,14,16-17H2/t20-/m0/s1. The van der Waals surface area contributed by atoms with Gasteiger partial charge < -0.3 is 4.90 Å². The van der Waals surface area contributed by atoms with Gasteiger partial charge >= 0.3 is 5.69 Å². The molecule has 4 heterocycles. The number of amides is 1. The van der Waals surface area contributed by atoms with E-state index < -0.39 is 0 Å². The van der Waals surface area contributed by atoms with Crippen LogP contribution >= 0.6 is 0 Å². The zero-order chi connectivity index (χ0) is 21.2. The number of aromatic nitrogens is 4. The van der Waals surface area contributed by atoms with E-state index in [1.807, 2.05) is 47.4 Å². The number of carbonyl (C=O) groups excluding carboxylic acids is 1. The van der Waals surface area contributed by atoms with Gasteiger partial charge in [0.1, 0.15) is 0 Å². The van der Waals surface area contributed by atoms with Crippen LogP contribution in [0, 0.1) is 0 Å². The van der Waals surface area contributed by atoms with Crippen molar-refractivity contribution in [3.63, 3.8) is 0 Å². The molecule has 1 amide bonds. The maximum atomic E-state index is 13.5. The first-order valence-electron chi connectivity index (χ1n) is 10.5. The Morgan fingerprint density at radius 3 is 2.68 bits per heavy atom. The number of imidazole rings is 1. The minimum absolute atomic E-state index is 0.0492. The van der Waals surface area contributed by atoms with E-state index in [0.717, 1.165) is 23.9 Å². The summed E-state index contributed by atoms with van der Waals surface area (Å²) >= 11 is 0. The van der Waals surface area contributed by atoms with E-state index in [0.29, 0.717) is 30.8 Å². The quantitative estimate of drug-likeness (QED) is 0.515. The molecule has 156 valence electrons. The minimum atomic E-state index is -0.115. The summed E-state index contributed by atoms with van der Waals surface area (Å²) in [5.74, 6) is -0.0492. The lowest BCUT2D eigenvalue weighted by molar-refractivity contribution is 0.0678. The van der Waals surface area contributed by atoms with Crippen molar-refractivity contribution in [2.24, 2.45) is 0 Å². The molecule has 1 aliphatic heterocycles. The molecule has 1 fully saturated rings. The SMILES string of the molecule is O=C(c1cccnc1)N1CCC[C@H](n2c(=O)n(Cc3ccccc3)c3cccnc32)C1. The van der Waals surface area contributed by atoms with E-state index in [2.05, 4.69) is 9.97 Å². The molecule has 0 radical (unpaired) electrons. The fourth-order valence-electron chi connectivity index (χ4n) is 4.38. The summed E-state index contributed by atoms with van der Waals surface area (Å²) in [6.45, 7) is 1.64. The zero-order valence-electron chi connectivity index (χ0n) is 17.1. The first kappa shape index (κ1) is 19.2. The molecule has 0 N–H and O–H groups in total. The number of fused-ring (bicyclic) bond motifs is 1. The fourth-order valence-corrected chi connectivity index (χ4v) is 4.38. The summed E-state index contributed by atoms with van der Waals surface area (Å²) in [7, 11) is 0. The first-order chi connectivity index (χ1) is 15.2. The lowest BCUT2D eigenvalue weighted by atomic mass is 10.0. The number of likely N-dealkylation sites (tertiary alicyclic amines) is 1. The molecule has 0 saturated carbocycles. The highest BCUT2D eigenvalue weighted by Crippen LogP contribution is 2.25. The maximum Gasteiger partial charge on any atom is 0.330 e. The highest BCUT2D eigenvalue weighted by atomic mass is 16.2. The molecule has 1 aromatic carbocycles. The Balaban J connectivity index is 1.50. The van der Waals surface area contributed by atoms with Crippen molar-refractivity contribution < 1.29 is 4.79 Å². The van der Waals surface area contributed by atoms with Gasteiger partial charge in [0.2, 0.25) is 0 Å². The van der Waals surface area contributed by atoms with Crippen molar-refractivity contribution in [3.8, 4) is 0 Å². The van der Waals surface area contributed by atoms with E-state index in [4.69, 9.17) is 0 Å². The van der Waals surface area contributed by atoms with Gasteiger partial charge in [-0.05, 0) is 42.7 Å². The van der Waals surface area contributed by atoms with E-state index in [9.17, 15) is 9.59 Å². The van der Waals surface area contributed by atoms with Crippen molar-refractivity contribution in [1.82, 2.24) is 24.0 Å². The number of pyridine rings is 2. The summed E-state index contributed by atoms with van der Waals surface area (Å²) in [6.07, 6.45) is 6.62. The van der Waals surface area contributed by atoms with E-state index >= 15 is 0 Å². The third-order valence-electron chi connectivity index (χ3n) is 5.86. The highest BCUT2D eigenvalue weighted by molar-refractivity contribution is 5.94. The lowest BCUT2D eigenvalue weighted by Crippen LogP contribution is -2.43. The number of carbonyl (C=O) groups is 1. The van der Waals surface area contributed by atoms with Crippen molar-refractivity contribution in [2.45, 2.75) is 25.4 Å². The molecule has 0 unspecified atom stereocenters. The van der Waals surface area contributed by atoms with E-state index in [1.165, 1.54) is 0 Å². The second-order valence-corrected chi connectivity index (χ2v) is 7.86. The lowest BCUT2D eigenvalue weighted by Gasteiger charge is -2.33. The van der Waals surface area contributed by atoms with Gasteiger partial charge in [0, 0.05) is 31.7 Å². The summed E-state index contributed by atoms with van der Waals surface area (Å²) in [5.41, 5.74) is 3.03. The Morgan fingerprint density at radius 1 is 1.03 bits per heavy atom. The zero-order valence-corrected chi connectivity index (χ0v) is 17.1. The van der Waals surface area contributed by atoms with Gasteiger partial charge in [-0.15, -0.1) is 0 Å². The largest absolute Gasteiger partial charge is 0.337 e.